The number of hydrogen-bond donors (Lipinski definition) is 0. The molecule has 0 saturated heterocycles. The molecule has 3 aromatic heterocycles. The topological polar surface area (TPSA) is 65.3 Å². The summed E-state index contributed by atoms with van der Waals surface area (Å²) in [6.45, 7) is 16.2. The molecule has 322 valence electrons. The molecule has 0 atom stereocenters. The molecule has 0 N–H and O–H groups in total. The SMILES string of the molecule is CCCCCCn1c(-c2ccc(N(c3ccc(OC)cc3)c3ccc(OC)cc3)cc2)nc2c3ccc(-c4c(C)cc(C)cc4C)nc3c3nc(-c4c(C)cc(C)cc4C)ccc3c21. The van der Waals surface area contributed by atoms with Crippen molar-refractivity contribution in [3.05, 3.63) is 155 Å². The van der Waals surface area contributed by atoms with E-state index in [1.165, 1.54) is 57.3 Å². The van der Waals surface area contributed by atoms with Gasteiger partial charge in [-0.05, 0) is 167 Å². The van der Waals surface area contributed by atoms with Crippen LogP contribution in [0.2, 0.25) is 0 Å². The van der Waals surface area contributed by atoms with Crippen LogP contribution in [0.25, 0.3) is 66.7 Å². The van der Waals surface area contributed by atoms with E-state index in [9.17, 15) is 0 Å². The fraction of sp³-hybridized carbons (Fsp3) is 0.246. The van der Waals surface area contributed by atoms with Gasteiger partial charge in [0.2, 0.25) is 0 Å². The number of unbranched alkanes of at least 4 members (excludes halogenated alkanes) is 3. The van der Waals surface area contributed by atoms with Crippen LogP contribution in [-0.4, -0.2) is 33.7 Å². The molecule has 3 heterocycles. The molecule has 7 nitrogen and oxygen atoms in total. The Morgan fingerprint density at radius 1 is 0.484 bits per heavy atom. The van der Waals surface area contributed by atoms with Gasteiger partial charge in [0.05, 0.1) is 47.7 Å². The Morgan fingerprint density at radius 3 is 1.41 bits per heavy atom. The van der Waals surface area contributed by atoms with Gasteiger partial charge in [0, 0.05) is 51.1 Å². The summed E-state index contributed by atoms with van der Waals surface area (Å²) in [7, 11) is 3.39. The minimum Gasteiger partial charge on any atom is -0.497 e. The normalized spacial score (nSPS) is 11.5. The number of pyridine rings is 2. The van der Waals surface area contributed by atoms with E-state index in [1.807, 2.05) is 24.3 Å². The van der Waals surface area contributed by atoms with Crippen molar-refractivity contribution in [3.8, 4) is 45.4 Å². The first kappa shape index (κ1) is 42.3. The number of hydrogen-bond acceptors (Lipinski definition) is 6. The molecule has 0 bridgehead atoms. The van der Waals surface area contributed by atoms with E-state index in [0.29, 0.717) is 0 Å². The Balaban J connectivity index is 1.27. The van der Waals surface area contributed by atoms with Crippen LogP contribution < -0.4 is 14.4 Å². The minimum atomic E-state index is 0.810. The predicted octanol–water partition coefficient (Wildman–Crippen LogP) is 15.1. The third-order valence-electron chi connectivity index (χ3n) is 12.6. The maximum absolute atomic E-state index is 5.61. The van der Waals surface area contributed by atoms with Crippen molar-refractivity contribution in [1.82, 2.24) is 19.5 Å². The fourth-order valence-corrected chi connectivity index (χ4v) is 9.83. The van der Waals surface area contributed by atoms with Crippen molar-refractivity contribution < 1.29 is 9.47 Å². The van der Waals surface area contributed by atoms with E-state index < -0.39 is 0 Å². The Kier molecular flexibility index (Phi) is 11.7. The van der Waals surface area contributed by atoms with E-state index in [2.05, 4.69) is 155 Å². The first-order valence-electron chi connectivity index (χ1n) is 22.6. The molecule has 0 saturated carbocycles. The van der Waals surface area contributed by atoms with Gasteiger partial charge in [-0.25, -0.2) is 15.0 Å². The highest BCUT2D eigenvalue weighted by Gasteiger charge is 2.23. The first-order chi connectivity index (χ1) is 31.1. The number of benzene rings is 6. The van der Waals surface area contributed by atoms with Crippen LogP contribution in [0.5, 0.6) is 11.5 Å². The summed E-state index contributed by atoms with van der Waals surface area (Å²) >= 11 is 0. The third-order valence-corrected chi connectivity index (χ3v) is 12.6. The summed E-state index contributed by atoms with van der Waals surface area (Å²) in [5.41, 5.74) is 19.6. The molecular formula is C57H57N5O2. The van der Waals surface area contributed by atoms with Gasteiger partial charge in [-0.15, -0.1) is 0 Å². The van der Waals surface area contributed by atoms with Gasteiger partial charge in [0.15, 0.2) is 0 Å². The number of fused-ring (bicyclic) bond motifs is 6. The Bertz CT molecular complexity index is 3070. The van der Waals surface area contributed by atoms with Crippen LogP contribution in [0, 0.1) is 41.5 Å². The third kappa shape index (κ3) is 7.85. The average Bonchev–Trinajstić information content (AvgIpc) is 3.67. The molecule has 0 unspecified atom stereocenters. The highest BCUT2D eigenvalue weighted by molar-refractivity contribution is 6.22. The molecule has 0 aliphatic rings. The molecule has 0 fully saturated rings. The van der Waals surface area contributed by atoms with Crippen LogP contribution in [0.3, 0.4) is 0 Å². The predicted molar refractivity (Wildman–Crippen MR) is 267 cm³/mol. The van der Waals surface area contributed by atoms with Gasteiger partial charge in [0.1, 0.15) is 17.3 Å². The standard InChI is InChI=1S/C57H57N5O2/c1-10-11-12-13-30-61-56-48-27-29-50(52-39(6)33-36(3)34-40(52)7)59-54(48)53-47(26-28-49(58-53)51-37(4)31-35(2)32-38(51)5)55(56)60-57(61)41-14-16-42(17-15-41)62(43-18-22-45(63-8)23-19-43)44-20-24-46(64-9)25-21-44/h14-29,31-34H,10-13,30H2,1-9H3. The van der Waals surface area contributed by atoms with Crippen LogP contribution in [0.15, 0.2) is 121 Å². The Morgan fingerprint density at radius 2 is 0.938 bits per heavy atom. The summed E-state index contributed by atoms with van der Waals surface area (Å²) in [6.07, 6.45) is 4.55. The zero-order valence-electron chi connectivity index (χ0n) is 38.6. The molecular weight excluding hydrogens is 787 g/mol. The van der Waals surface area contributed by atoms with E-state index in [-0.39, 0.29) is 0 Å². The molecule has 0 amide bonds. The lowest BCUT2D eigenvalue weighted by molar-refractivity contribution is 0.415. The van der Waals surface area contributed by atoms with Gasteiger partial charge in [0.25, 0.3) is 0 Å². The number of ether oxygens (including phenoxy) is 2. The lowest BCUT2D eigenvalue weighted by atomic mass is 9.95. The fourth-order valence-electron chi connectivity index (χ4n) is 9.83. The second-order valence-corrected chi connectivity index (χ2v) is 17.4. The summed E-state index contributed by atoms with van der Waals surface area (Å²) in [5.74, 6) is 2.56. The van der Waals surface area contributed by atoms with Gasteiger partial charge in [-0.3, -0.25) is 0 Å². The van der Waals surface area contributed by atoms with Crippen molar-refractivity contribution in [2.75, 3.05) is 19.1 Å². The van der Waals surface area contributed by atoms with Crippen molar-refractivity contribution in [3.63, 3.8) is 0 Å². The quantitative estimate of drug-likeness (QED) is 0.0851. The Labute approximate surface area is 377 Å². The van der Waals surface area contributed by atoms with Crippen molar-refractivity contribution in [1.29, 1.82) is 0 Å². The smallest absolute Gasteiger partial charge is 0.141 e. The summed E-state index contributed by atoms with van der Waals surface area (Å²) in [4.78, 5) is 19.0. The number of rotatable bonds is 13. The number of imidazole rings is 1. The molecule has 0 radical (unpaired) electrons. The van der Waals surface area contributed by atoms with Crippen LogP contribution in [-0.2, 0) is 6.54 Å². The zero-order chi connectivity index (χ0) is 44.6. The van der Waals surface area contributed by atoms with Gasteiger partial charge >= 0.3 is 0 Å². The zero-order valence-corrected chi connectivity index (χ0v) is 38.6. The van der Waals surface area contributed by atoms with Crippen LogP contribution in [0.4, 0.5) is 17.1 Å². The van der Waals surface area contributed by atoms with Gasteiger partial charge in [-0.1, -0.05) is 61.6 Å². The molecule has 7 heteroatoms. The van der Waals surface area contributed by atoms with Crippen molar-refractivity contribution in [2.45, 2.75) is 80.7 Å². The lowest BCUT2D eigenvalue weighted by Gasteiger charge is -2.26. The Hall–Kier alpha value is -6.99. The number of aromatic nitrogens is 4. The van der Waals surface area contributed by atoms with Crippen molar-refractivity contribution >= 4 is 49.9 Å². The highest BCUT2D eigenvalue weighted by Crippen LogP contribution is 2.42. The van der Waals surface area contributed by atoms with Crippen molar-refractivity contribution in [2.24, 2.45) is 0 Å². The minimum absolute atomic E-state index is 0.810. The van der Waals surface area contributed by atoms with Crippen LogP contribution >= 0.6 is 0 Å². The van der Waals surface area contributed by atoms with E-state index in [4.69, 9.17) is 24.4 Å². The average molecular weight is 844 g/mol. The second kappa shape index (κ2) is 17.6. The molecule has 9 aromatic rings. The summed E-state index contributed by atoms with van der Waals surface area (Å²) < 4.78 is 13.5. The van der Waals surface area contributed by atoms with E-state index >= 15 is 0 Å². The largest absolute Gasteiger partial charge is 0.497 e. The maximum atomic E-state index is 5.61. The van der Waals surface area contributed by atoms with E-state index in [0.717, 1.165) is 104 Å². The number of nitrogens with zero attached hydrogens (tertiary/aromatic N) is 5. The van der Waals surface area contributed by atoms with Gasteiger partial charge < -0.3 is 18.9 Å². The number of methoxy groups -OCH3 is 2. The number of anilines is 3. The lowest BCUT2D eigenvalue weighted by Crippen LogP contribution is -2.10. The highest BCUT2D eigenvalue weighted by atomic mass is 16.5. The van der Waals surface area contributed by atoms with E-state index in [1.54, 1.807) is 14.2 Å². The molecule has 0 aliphatic heterocycles. The second-order valence-electron chi connectivity index (χ2n) is 17.4. The monoisotopic (exact) mass is 843 g/mol. The number of aryl methyl sites for hydroxylation is 7. The molecule has 9 rings (SSSR count). The summed E-state index contributed by atoms with van der Waals surface area (Å²) in [6, 6.07) is 43.0. The van der Waals surface area contributed by atoms with Gasteiger partial charge in [-0.2, -0.15) is 0 Å². The molecule has 0 spiro atoms. The maximum Gasteiger partial charge on any atom is 0.141 e. The van der Waals surface area contributed by atoms with Crippen LogP contribution in [0.1, 0.15) is 66.0 Å². The molecule has 0 aliphatic carbocycles. The molecule has 64 heavy (non-hydrogen) atoms. The first-order valence-corrected chi connectivity index (χ1v) is 22.6. The molecule has 6 aromatic carbocycles. The summed E-state index contributed by atoms with van der Waals surface area (Å²) in [5, 5.41) is 2.07.